The minimum Gasteiger partial charge on any atom is -0.494 e. The Balaban J connectivity index is 1.42. The van der Waals surface area contributed by atoms with Gasteiger partial charge in [0, 0.05) is 24.8 Å². The monoisotopic (exact) mass is 359 g/mol. The molecule has 26 heavy (non-hydrogen) atoms. The van der Waals surface area contributed by atoms with Gasteiger partial charge in [-0.2, -0.15) is 0 Å². The lowest BCUT2D eigenvalue weighted by atomic mass is 10.1. The molecule has 148 valence electrons. The molecule has 0 saturated carbocycles. The molecule has 2 nitrogen and oxygen atoms in total. The second-order valence-corrected chi connectivity index (χ2v) is 7.93. The van der Waals surface area contributed by atoms with Crippen LogP contribution in [0.2, 0.25) is 0 Å². The summed E-state index contributed by atoms with van der Waals surface area (Å²) in [6, 6.07) is 8.65. The molecule has 1 aliphatic heterocycles. The molecule has 1 aromatic rings. The maximum Gasteiger partial charge on any atom is 0.121 e. The van der Waals surface area contributed by atoms with E-state index in [-0.39, 0.29) is 0 Å². The van der Waals surface area contributed by atoms with Crippen molar-refractivity contribution in [1.82, 2.24) is 0 Å². The third-order valence-corrected chi connectivity index (χ3v) is 5.56. The van der Waals surface area contributed by atoms with Crippen LogP contribution in [-0.4, -0.2) is 19.7 Å². The van der Waals surface area contributed by atoms with Gasteiger partial charge in [0.05, 0.1) is 6.61 Å². The first kappa shape index (κ1) is 21.1. The van der Waals surface area contributed by atoms with Gasteiger partial charge >= 0.3 is 0 Å². The van der Waals surface area contributed by atoms with Crippen molar-refractivity contribution in [2.45, 2.75) is 96.8 Å². The zero-order chi connectivity index (χ0) is 18.3. The minimum atomic E-state index is 0.862. The Labute approximate surface area is 162 Å². The van der Waals surface area contributed by atoms with Crippen LogP contribution < -0.4 is 9.64 Å². The van der Waals surface area contributed by atoms with Crippen LogP contribution in [0.15, 0.2) is 24.3 Å². The van der Waals surface area contributed by atoms with E-state index < -0.39 is 0 Å². The molecule has 0 radical (unpaired) electrons. The lowest BCUT2D eigenvalue weighted by molar-refractivity contribution is 0.304. The van der Waals surface area contributed by atoms with Crippen LogP contribution in [0.5, 0.6) is 5.75 Å². The Morgan fingerprint density at radius 1 is 0.769 bits per heavy atom. The van der Waals surface area contributed by atoms with Crippen molar-refractivity contribution in [2.75, 3.05) is 24.6 Å². The van der Waals surface area contributed by atoms with E-state index >= 15 is 0 Å². The summed E-state index contributed by atoms with van der Waals surface area (Å²) >= 11 is 0. The van der Waals surface area contributed by atoms with Gasteiger partial charge < -0.3 is 9.64 Å². The fourth-order valence-corrected chi connectivity index (χ4v) is 3.88. The normalized spacial score (nSPS) is 14.1. The summed E-state index contributed by atoms with van der Waals surface area (Å²) in [7, 11) is 0. The minimum absolute atomic E-state index is 0.862. The summed E-state index contributed by atoms with van der Waals surface area (Å²) in [5, 5.41) is 0. The second-order valence-electron chi connectivity index (χ2n) is 7.93. The summed E-state index contributed by atoms with van der Waals surface area (Å²) in [5.41, 5.74) is 1.33. The van der Waals surface area contributed by atoms with Gasteiger partial charge in [-0.15, -0.1) is 0 Å². The molecule has 1 saturated heterocycles. The number of nitrogens with zero attached hydrogens (tertiary/aromatic N) is 1. The smallest absolute Gasteiger partial charge is 0.121 e. The highest BCUT2D eigenvalue weighted by Crippen LogP contribution is 2.24. The maximum atomic E-state index is 5.97. The zero-order valence-corrected chi connectivity index (χ0v) is 17.2. The van der Waals surface area contributed by atoms with Crippen LogP contribution in [0.25, 0.3) is 0 Å². The SMILES string of the molecule is CCCCCCCCCCCCCCOc1cccc(N2CCCC2)c1. The van der Waals surface area contributed by atoms with Crippen molar-refractivity contribution in [3.8, 4) is 5.75 Å². The number of hydrogen-bond acceptors (Lipinski definition) is 2. The van der Waals surface area contributed by atoms with Crippen LogP contribution in [0, 0.1) is 0 Å². The van der Waals surface area contributed by atoms with E-state index in [0.29, 0.717) is 0 Å². The second kappa shape index (κ2) is 13.9. The van der Waals surface area contributed by atoms with Gasteiger partial charge in [-0.3, -0.25) is 0 Å². The summed E-state index contributed by atoms with van der Waals surface area (Å²) in [6.45, 7) is 5.54. The number of anilines is 1. The topological polar surface area (TPSA) is 12.5 Å². The van der Waals surface area contributed by atoms with Gasteiger partial charge in [0.15, 0.2) is 0 Å². The predicted molar refractivity (Wildman–Crippen MR) is 114 cm³/mol. The number of benzene rings is 1. The fourth-order valence-electron chi connectivity index (χ4n) is 3.88. The third kappa shape index (κ3) is 8.96. The van der Waals surface area contributed by atoms with Gasteiger partial charge in [0.1, 0.15) is 5.75 Å². The fraction of sp³-hybridized carbons (Fsp3) is 0.750. The summed E-state index contributed by atoms with van der Waals surface area (Å²) < 4.78 is 5.97. The van der Waals surface area contributed by atoms with Gasteiger partial charge in [-0.1, -0.05) is 83.6 Å². The van der Waals surface area contributed by atoms with Crippen molar-refractivity contribution in [1.29, 1.82) is 0 Å². The summed E-state index contributed by atoms with van der Waals surface area (Å²) in [4.78, 5) is 2.47. The maximum absolute atomic E-state index is 5.97. The van der Waals surface area contributed by atoms with Gasteiger partial charge in [0.2, 0.25) is 0 Å². The van der Waals surface area contributed by atoms with Crippen LogP contribution in [0.3, 0.4) is 0 Å². The van der Waals surface area contributed by atoms with Crippen LogP contribution >= 0.6 is 0 Å². The third-order valence-electron chi connectivity index (χ3n) is 5.56. The highest BCUT2D eigenvalue weighted by atomic mass is 16.5. The summed E-state index contributed by atoms with van der Waals surface area (Å²) in [5.74, 6) is 1.04. The Kier molecular flexibility index (Phi) is 11.3. The van der Waals surface area contributed by atoms with E-state index in [9.17, 15) is 0 Å². The molecule has 0 atom stereocenters. The molecule has 2 rings (SSSR count). The molecular formula is C24H41NO. The number of ether oxygens (including phenoxy) is 1. The van der Waals surface area contributed by atoms with Crippen LogP contribution in [0.1, 0.15) is 96.8 Å². The van der Waals surface area contributed by atoms with E-state index in [0.717, 1.165) is 12.4 Å². The van der Waals surface area contributed by atoms with E-state index in [1.165, 1.54) is 109 Å². The average molecular weight is 360 g/mol. The molecule has 0 aromatic heterocycles. The summed E-state index contributed by atoms with van der Waals surface area (Å²) in [6.07, 6.45) is 19.3. The van der Waals surface area contributed by atoms with E-state index in [1.54, 1.807) is 0 Å². The molecule has 1 aliphatic rings. The lowest BCUT2D eigenvalue weighted by Gasteiger charge is -2.18. The first-order chi connectivity index (χ1) is 12.9. The molecule has 2 heteroatoms. The molecule has 0 aliphatic carbocycles. The zero-order valence-electron chi connectivity index (χ0n) is 17.2. The Hall–Kier alpha value is -1.18. The average Bonchev–Trinajstić information content (AvgIpc) is 3.21. The van der Waals surface area contributed by atoms with Crippen molar-refractivity contribution in [3.63, 3.8) is 0 Å². The lowest BCUT2D eigenvalue weighted by Crippen LogP contribution is -2.17. The Morgan fingerprint density at radius 2 is 1.35 bits per heavy atom. The van der Waals surface area contributed by atoms with Crippen LogP contribution in [0.4, 0.5) is 5.69 Å². The molecule has 0 bridgehead atoms. The first-order valence-electron chi connectivity index (χ1n) is 11.4. The van der Waals surface area contributed by atoms with Crippen molar-refractivity contribution < 1.29 is 4.74 Å². The van der Waals surface area contributed by atoms with Crippen molar-refractivity contribution in [3.05, 3.63) is 24.3 Å². The molecular weight excluding hydrogens is 318 g/mol. The largest absolute Gasteiger partial charge is 0.494 e. The quantitative estimate of drug-likeness (QED) is 0.303. The van der Waals surface area contributed by atoms with E-state index in [2.05, 4.69) is 36.1 Å². The highest BCUT2D eigenvalue weighted by molar-refractivity contribution is 5.51. The highest BCUT2D eigenvalue weighted by Gasteiger charge is 2.12. The molecule has 0 spiro atoms. The van der Waals surface area contributed by atoms with Gasteiger partial charge in [-0.25, -0.2) is 0 Å². The molecule has 0 N–H and O–H groups in total. The predicted octanol–water partition coefficient (Wildman–Crippen LogP) is 7.37. The molecule has 1 heterocycles. The van der Waals surface area contributed by atoms with Crippen molar-refractivity contribution in [2.24, 2.45) is 0 Å². The first-order valence-corrected chi connectivity index (χ1v) is 11.4. The Morgan fingerprint density at radius 3 is 1.96 bits per heavy atom. The standard InChI is InChI=1S/C24H41NO/c1-2-3-4-5-6-7-8-9-10-11-12-15-21-26-24-18-16-17-23(22-24)25-19-13-14-20-25/h16-18,22H,2-15,19-21H2,1H3. The molecule has 1 fully saturated rings. The van der Waals surface area contributed by atoms with E-state index in [4.69, 9.17) is 4.74 Å². The molecule has 1 aromatic carbocycles. The van der Waals surface area contributed by atoms with E-state index in [1.807, 2.05) is 0 Å². The number of hydrogen-bond donors (Lipinski definition) is 0. The Bertz CT molecular complexity index is 453. The number of unbranched alkanes of at least 4 members (excludes halogenated alkanes) is 11. The van der Waals surface area contributed by atoms with Crippen molar-refractivity contribution >= 4 is 5.69 Å². The molecule has 0 amide bonds. The van der Waals surface area contributed by atoms with Gasteiger partial charge in [-0.05, 0) is 31.4 Å². The van der Waals surface area contributed by atoms with Gasteiger partial charge in [0.25, 0.3) is 0 Å². The van der Waals surface area contributed by atoms with Crippen LogP contribution in [-0.2, 0) is 0 Å². The number of rotatable bonds is 15. The molecule has 0 unspecified atom stereocenters.